The lowest BCUT2D eigenvalue weighted by Crippen LogP contribution is -2.43. The molecule has 2 amide bonds. The summed E-state index contributed by atoms with van der Waals surface area (Å²) in [6.07, 6.45) is 1.58. The van der Waals surface area contributed by atoms with Gasteiger partial charge in [0.2, 0.25) is 11.8 Å². The van der Waals surface area contributed by atoms with Crippen LogP contribution in [0.2, 0.25) is 0 Å². The molecule has 0 aliphatic heterocycles. The maximum Gasteiger partial charge on any atom is 0.307 e. The van der Waals surface area contributed by atoms with Crippen LogP contribution in [0.15, 0.2) is 91.0 Å². The molecule has 1 unspecified atom stereocenters. The summed E-state index contributed by atoms with van der Waals surface area (Å²) in [6.45, 7) is 7.29. The van der Waals surface area contributed by atoms with Crippen LogP contribution in [0.4, 0.5) is 0 Å². The number of hydrogen-bond donors (Lipinski definition) is 2. The van der Waals surface area contributed by atoms with Crippen LogP contribution in [0.25, 0.3) is 0 Å². The lowest BCUT2D eigenvalue weighted by Gasteiger charge is -2.35. The van der Waals surface area contributed by atoms with E-state index in [4.69, 9.17) is 9.57 Å². The standard InChI is InChI=1S/C34H42N2O6/c1-5-6-16-23-36(40)32(39)26(25-31(38)41-33(2,3)4)24-30(37)35-42-34(27-17-10-7-11-18-27,28-19-12-8-13-20-28)29-21-14-9-15-22-29/h7-15,17-22,26,40H,5-6,16,23-25H2,1-4H3,(H,35,37). The van der Waals surface area contributed by atoms with Crippen molar-refractivity contribution in [2.75, 3.05) is 6.54 Å². The molecular weight excluding hydrogens is 532 g/mol. The lowest BCUT2D eigenvalue weighted by atomic mass is 9.80. The van der Waals surface area contributed by atoms with Crippen LogP contribution in [0.3, 0.4) is 0 Å². The fourth-order valence-electron chi connectivity index (χ4n) is 4.76. The summed E-state index contributed by atoms with van der Waals surface area (Å²) in [5.74, 6) is -3.11. The van der Waals surface area contributed by atoms with Crippen molar-refractivity contribution in [1.82, 2.24) is 10.5 Å². The summed E-state index contributed by atoms with van der Waals surface area (Å²) in [6, 6.07) is 28.6. The van der Waals surface area contributed by atoms with Gasteiger partial charge in [-0.3, -0.25) is 24.4 Å². The van der Waals surface area contributed by atoms with Crippen LogP contribution in [-0.2, 0) is 29.6 Å². The topological polar surface area (TPSA) is 105 Å². The number of carbonyl (C=O) groups excluding carboxylic acids is 3. The van der Waals surface area contributed by atoms with Gasteiger partial charge >= 0.3 is 5.97 Å². The molecule has 3 aromatic rings. The highest BCUT2D eigenvalue weighted by Crippen LogP contribution is 2.39. The maximum atomic E-state index is 13.4. The van der Waals surface area contributed by atoms with Crippen LogP contribution in [-0.4, -0.2) is 40.2 Å². The maximum absolute atomic E-state index is 13.4. The zero-order chi connectivity index (χ0) is 30.6. The van der Waals surface area contributed by atoms with Crippen LogP contribution in [0.5, 0.6) is 0 Å². The summed E-state index contributed by atoms with van der Waals surface area (Å²) in [5, 5.41) is 11.0. The van der Waals surface area contributed by atoms with Crippen molar-refractivity contribution in [3.05, 3.63) is 108 Å². The molecule has 1 atom stereocenters. The van der Waals surface area contributed by atoms with E-state index in [9.17, 15) is 19.6 Å². The number of amides is 2. The molecule has 0 radical (unpaired) electrons. The summed E-state index contributed by atoms with van der Waals surface area (Å²) in [7, 11) is 0. The molecule has 3 aromatic carbocycles. The van der Waals surface area contributed by atoms with Gasteiger partial charge in [-0.1, -0.05) is 111 Å². The first kappa shape index (κ1) is 32.5. The van der Waals surface area contributed by atoms with E-state index in [0.29, 0.717) is 11.5 Å². The van der Waals surface area contributed by atoms with Crippen molar-refractivity contribution in [2.24, 2.45) is 5.92 Å². The number of unbranched alkanes of at least 4 members (excludes halogenated alkanes) is 2. The van der Waals surface area contributed by atoms with Gasteiger partial charge in [0.1, 0.15) is 5.60 Å². The minimum Gasteiger partial charge on any atom is -0.460 e. The van der Waals surface area contributed by atoms with Gasteiger partial charge in [0.15, 0.2) is 5.60 Å². The van der Waals surface area contributed by atoms with Gasteiger partial charge in [0, 0.05) is 13.0 Å². The minimum atomic E-state index is -1.22. The molecule has 0 aromatic heterocycles. The summed E-state index contributed by atoms with van der Waals surface area (Å²) >= 11 is 0. The molecule has 0 bridgehead atoms. The summed E-state index contributed by atoms with van der Waals surface area (Å²) in [4.78, 5) is 45.6. The molecule has 8 nitrogen and oxygen atoms in total. The zero-order valence-corrected chi connectivity index (χ0v) is 24.9. The van der Waals surface area contributed by atoms with Gasteiger partial charge in [-0.05, 0) is 43.9 Å². The van der Waals surface area contributed by atoms with Crippen molar-refractivity contribution in [3.8, 4) is 0 Å². The normalized spacial score (nSPS) is 12.3. The molecule has 0 aliphatic carbocycles. The zero-order valence-electron chi connectivity index (χ0n) is 24.9. The number of hydrogen-bond acceptors (Lipinski definition) is 6. The second-order valence-corrected chi connectivity index (χ2v) is 11.3. The van der Waals surface area contributed by atoms with E-state index >= 15 is 0 Å². The minimum absolute atomic E-state index is 0.106. The van der Waals surface area contributed by atoms with E-state index in [0.717, 1.165) is 29.5 Å². The smallest absolute Gasteiger partial charge is 0.307 e. The van der Waals surface area contributed by atoms with E-state index in [1.807, 2.05) is 97.9 Å². The highest BCUT2D eigenvalue weighted by Gasteiger charge is 2.39. The van der Waals surface area contributed by atoms with Crippen LogP contribution in [0, 0.1) is 5.92 Å². The first-order valence-electron chi connectivity index (χ1n) is 14.4. The van der Waals surface area contributed by atoms with Crippen LogP contribution < -0.4 is 5.48 Å². The Kier molecular flexibility index (Phi) is 11.8. The molecule has 0 fully saturated rings. The highest BCUT2D eigenvalue weighted by molar-refractivity contribution is 5.88. The molecule has 2 N–H and O–H groups in total. The predicted molar refractivity (Wildman–Crippen MR) is 160 cm³/mol. The van der Waals surface area contributed by atoms with Gasteiger partial charge in [0.25, 0.3) is 0 Å². The Hall–Kier alpha value is -4.01. The molecule has 0 aliphatic rings. The number of carbonyl (C=O) groups is 3. The molecular formula is C34H42N2O6. The average molecular weight is 575 g/mol. The van der Waals surface area contributed by atoms with Gasteiger partial charge in [0.05, 0.1) is 12.3 Å². The van der Waals surface area contributed by atoms with E-state index in [2.05, 4.69) is 5.48 Å². The van der Waals surface area contributed by atoms with Crippen molar-refractivity contribution in [1.29, 1.82) is 0 Å². The molecule has 0 spiro atoms. The number of esters is 1. The van der Waals surface area contributed by atoms with E-state index in [1.165, 1.54) is 0 Å². The Bertz CT molecular complexity index is 1180. The molecule has 0 saturated heterocycles. The highest BCUT2D eigenvalue weighted by atomic mass is 16.7. The number of nitrogens with zero attached hydrogens (tertiary/aromatic N) is 1. The molecule has 0 heterocycles. The summed E-state index contributed by atoms with van der Waals surface area (Å²) < 4.78 is 5.41. The van der Waals surface area contributed by atoms with Crippen molar-refractivity contribution >= 4 is 17.8 Å². The predicted octanol–water partition coefficient (Wildman–Crippen LogP) is 6.17. The number of nitrogens with one attached hydrogen (secondary N) is 1. The first-order valence-corrected chi connectivity index (χ1v) is 14.4. The van der Waals surface area contributed by atoms with E-state index < -0.39 is 41.3 Å². The third kappa shape index (κ3) is 8.99. The number of benzene rings is 3. The van der Waals surface area contributed by atoms with Gasteiger partial charge in [-0.15, -0.1) is 0 Å². The van der Waals surface area contributed by atoms with Crippen molar-refractivity contribution in [2.45, 2.75) is 71.0 Å². The van der Waals surface area contributed by atoms with E-state index in [1.54, 1.807) is 20.8 Å². The molecule has 3 rings (SSSR count). The average Bonchev–Trinajstić information content (AvgIpc) is 2.97. The second-order valence-electron chi connectivity index (χ2n) is 11.3. The van der Waals surface area contributed by atoms with Crippen molar-refractivity contribution < 1.29 is 29.2 Å². The first-order chi connectivity index (χ1) is 20.1. The Morgan fingerprint density at radius 2 is 1.26 bits per heavy atom. The Morgan fingerprint density at radius 3 is 1.69 bits per heavy atom. The van der Waals surface area contributed by atoms with Crippen LogP contribution >= 0.6 is 0 Å². The SMILES string of the molecule is CCCCCN(O)C(=O)C(CC(=O)NOC(c1ccccc1)(c1ccccc1)c1ccccc1)CC(=O)OC(C)(C)C. The number of rotatable bonds is 14. The Labute approximate surface area is 248 Å². The fourth-order valence-corrected chi connectivity index (χ4v) is 4.76. The van der Waals surface area contributed by atoms with Gasteiger partial charge < -0.3 is 4.74 Å². The van der Waals surface area contributed by atoms with E-state index in [-0.39, 0.29) is 13.0 Å². The third-order valence-corrected chi connectivity index (χ3v) is 6.70. The van der Waals surface area contributed by atoms with Gasteiger partial charge in [-0.25, -0.2) is 10.5 Å². The second kappa shape index (κ2) is 15.3. The molecule has 8 heteroatoms. The summed E-state index contributed by atoms with van der Waals surface area (Å²) in [5.41, 5.74) is 2.93. The Morgan fingerprint density at radius 1 is 0.786 bits per heavy atom. The Balaban J connectivity index is 1.90. The molecule has 42 heavy (non-hydrogen) atoms. The molecule has 0 saturated carbocycles. The molecule has 224 valence electrons. The lowest BCUT2D eigenvalue weighted by molar-refractivity contribution is -0.175. The van der Waals surface area contributed by atoms with Gasteiger partial charge in [-0.2, -0.15) is 0 Å². The van der Waals surface area contributed by atoms with Crippen LogP contribution in [0.1, 0.15) is 76.5 Å². The number of ether oxygens (including phenoxy) is 1. The third-order valence-electron chi connectivity index (χ3n) is 6.70. The number of hydroxylamine groups is 3. The largest absolute Gasteiger partial charge is 0.460 e. The quantitative estimate of drug-likeness (QED) is 0.0784. The van der Waals surface area contributed by atoms with Crippen molar-refractivity contribution in [3.63, 3.8) is 0 Å². The monoisotopic (exact) mass is 574 g/mol. The fraction of sp³-hybridized carbons (Fsp3) is 0.382.